The number of anilines is 1. The molecule has 29 heavy (non-hydrogen) atoms. The largest absolute Gasteiger partial charge is 0.461 e. The summed E-state index contributed by atoms with van der Waals surface area (Å²) >= 11 is 3.53. The van der Waals surface area contributed by atoms with Crippen LogP contribution >= 0.6 is 15.9 Å². The van der Waals surface area contributed by atoms with Crippen molar-refractivity contribution in [3.8, 4) is 0 Å². The molecule has 3 aromatic rings. The van der Waals surface area contributed by atoms with Crippen LogP contribution in [0.3, 0.4) is 0 Å². The molecule has 152 valence electrons. The number of benzene rings is 1. The first-order valence-corrected chi connectivity index (χ1v) is 9.90. The molecular formula is C20H22BrN5O3. The van der Waals surface area contributed by atoms with E-state index < -0.39 is 11.9 Å². The molecule has 8 nitrogen and oxygen atoms in total. The van der Waals surface area contributed by atoms with E-state index in [4.69, 9.17) is 4.74 Å². The Labute approximate surface area is 177 Å². The topological polar surface area (TPSA) is 91.0 Å². The summed E-state index contributed by atoms with van der Waals surface area (Å²) in [5, 5.41) is 11.4. The Bertz CT molecular complexity index is 1070. The Hall–Kier alpha value is -2.94. The van der Waals surface area contributed by atoms with E-state index in [0.29, 0.717) is 12.2 Å². The first-order valence-electron chi connectivity index (χ1n) is 9.11. The highest BCUT2D eigenvalue weighted by Crippen LogP contribution is 2.21. The third kappa shape index (κ3) is 4.56. The van der Waals surface area contributed by atoms with Gasteiger partial charge in [0.1, 0.15) is 5.69 Å². The summed E-state index contributed by atoms with van der Waals surface area (Å²) in [6, 6.07) is 8.95. The predicted octanol–water partition coefficient (Wildman–Crippen LogP) is 3.47. The van der Waals surface area contributed by atoms with Crippen LogP contribution in [-0.4, -0.2) is 38.0 Å². The van der Waals surface area contributed by atoms with Crippen LogP contribution in [0.4, 0.5) is 5.69 Å². The second-order valence-corrected chi connectivity index (χ2v) is 7.35. The van der Waals surface area contributed by atoms with Crippen LogP contribution in [0.1, 0.15) is 44.9 Å². The van der Waals surface area contributed by atoms with E-state index in [1.807, 2.05) is 36.7 Å². The smallest absolute Gasteiger partial charge is 0.356 e. The third-order valence-corrected chi connectivity index (χ3v) is 5.56. The van der Waals surface area contributed by atoms with Gasteiger partial charge in [-0.05, 0) is 54.4 Å². The quantitative estimate of drug-likeness (QED) is 0.569. The van der Waals surface area contributed by atoms with Crippen LogP contribution < -0.4 is 5.32 Å². The third-order valence-electron chi connectivity index (χ3n) is 4.41. The Balaban J connectivity index is 1.75. The lowest BCUT2D eigenvalue weighted by atomic mass is 10.2. The molecular weight excluding hydrogens is 438 g/mol. The number of hydrogen-bond acceptors (Lipinski definition) is 5. The number of aromatic nitrogens is 4. The maximum atomic E-state index is 12.6. The van der Waals surface area contributed by atoms with Crippen molar-refractivity contribution < 1.29 is 14.3 Å². The second-order valence-electron chi connectivity index (χ2n) is 6.56. The molecule has 0 spiro atoms. The number of nitrogens with one attached hydrogen (secondary N) is 1. The molecule has 1 aromatic carbocycles. The molecule has 2 heterocycles. The maximum Gasteiger partial charge on any atom is 0.356 e. The summed E-state index contributed by atoms with van der Waals surface area (Å²) in [5.41, 5.74) is 3.96. The number of hydrogen-bond donors (Lipinski definition) is 1. The summed E-state index contributed by atoms with van der Waals surface area (Å²) in [4.78, 5) is 24.5. The van der Waals surface area contributed by atoms with Gasteiger partial charge in [-0.15, -0.1) is 0 Å². The van der Waals surface area contributed by atoms with Crippen LogP contribution in [0.25, 0.3) is 0 Å². The maximum absolute atomic E-state index is 12.6. The van der Waals surface area contributed by atoms with Gasteiger partial charge in [-0.2, -0.15) is 10.2 Å². The van der Waals surface area contributed by atoms with Gasteiger partial charge >= 0.3 is 5.97 Å². The van der Waals surface area contributed by atoms with Crippen LogP contribution in [0.15, 0.2) is 34.8 Å². The Morgan fingerprint density at radius 3 is 2.62 bits per heavy atom. The van der Waals surface area contributed by atoms with E-state index in [1.54, 1.807) is 20.0 Å². The number of halogens is 1. The van der Waals surface area contributed by atoms with Gasteiger partial charge in [0.05, 0.1) is 29.0 Å². The number of amides is 1. The summed E-state index contributed by atoms with van der Waals surface area (Å²) in [6.45, 7) is 6.50. The molecule has 0 radical (unpaired) electrons. The minimum absolute atomic E-state index is 0.142. The van der Waals surface area contributed by atoms with Crippen molar-refractivity contribution in [1.29, 1.82) is 0 Å². The predicted molar refractivity (Wildman–Crippen MR) is 112 cm³/mol. The molecule has 9 heteroatoms. The molecule has 1 N–H and O–H groups in total. The zero-order valence-electron chi connectivity index (χ0n) is 16.7. The molecule has 0 aliphatic carbocycles. The fourth-order valence-electron chi connectivity index (χ4n) is 2.92. The molecule has 0 aliphatic heterocycles. The Morgan fingerprint density at radius 1 is 1.21 bits per heavy atom. The summed E-state index contributed by atoms with van der Waals surface area (Å²) in [7, 11) is 1.59. The van der Waals surface area contributed by atoms with E-state index in [0.717, 1.165) is 21.4 Å². The fourth-order valence-corrected chi connectivity index (χ4v) is 3.20. The minimum Gasteiger partial charge on any atom is -0.461 e. The first kappa shape index (κ1) is 20.8. The van der Waals surface area contributed by atoms with E-state index >= 15 is 0 Å². The van der Waals surface area contributed by atoms with E-state index in [2.05, 4.69) is 31.4 Å². The molecule has 2 aromatic heterocycles. The van der Waals surface area contributed by atoms with Gasteiger partial charge in [0.15, 0.2) is 5.69 Å². The highest BCUT2D eigenvalue weighted by atomic mass is 79.9. The van der Waals surface area contributed by atoms with E-state index in [1.165, 1.54) is 10.7 Å². The van der Waals surface area contributed by atoms with Gasteiger partial charge in [-0.25, -0.2) is 4.79 Å². The van der Waals surface area contributed by atoms with E-state index in [-0.39, 0.29) is 18.0 Å². The van der Waals surface area contributed by atoms with Gasteiger partial charge < -0.3 is 10.1 Å². The number of esters is 1. The molecule has 0 aliphatic rings. The molecule has 1 amide bonds. The zero-order valence-corrected chi connectivity index (χ0v) is 18.3. The minimum atomic E-state index is -0.514. The highest BCUT2D eigenvalue weighted by molar-refractivity contribution is 9.10. The number of carbonyl (C=O) groups is 2. The number of nitrogens with zero attached hydrogens (tertiary/aromatic N) is 4. The van der Waals surface area contributed by atoms with Crippen molar-refractivity contribution in [3.05, 3.63) is 63.1 Å². The van der Waals surface area contributed by atoms with Gasteiger partial charge in [0, 0.05) is 18.8 Å². The van der Waals surface area contributed by atoms with Crippen molar-refractivity contribution in [2.45, 2.75) is 27.3 Å². The Morgan fingerprint density at radius 2 is 1.97 bits per heavy atom. The molecule has 0 unspecified atom stereocenters. The molecule has 0 saturated heterocycles. The second kappa shape index (κ2) is 8.60. The van der Waals surface area contributed by atoms with Crippen LogP contribution in [0.5, 0.6) is 0 Å². The first-order chi connectivity index (χ1) is 13.8. The van der Waals surface area contributed by atoms with Crippen LogP contribution in [0, 0.1) is 13.8 Å². The van der Waals surface area contributed by atoms with Crippen molar-refractivity contribution in [2.24, 2.45) is 7.05 Å². The van der Waals surface area contributed by atoms with E-state index in [9.17, 15) is 9.59 Å². The van der Waals surface area contributed by atoms with Gasteiger partial charge in [0.25, 0.3) is 5.91 Å². The average molecular weight is 460 g/mol. The van der Waals surface area contributed by atoms with Gasteiger partial charge in [-0.1, -0.05) is 12.1 Å². The number of ether oxygens (including phenoxy) is 1. The lowest BCUT2D eigenvalue weighted by Crippen LogP contribution is -2.13. The number of aryl methyl sites for hydroxylation is 2. The van der Waals surface area contributed by atoms with Crippen molar-refractivity contribution in [3.63, 3.8) is 0 Å². The number of carbonyl (C=O) groups excluding carboxylic acids is 2. The number of rotatable bonds is 6. The summed E-state index contributed by atoms with van der Waals surface area (Å²) in [6.07, 6.45) is 0. The van der Waals surface area contributed by atoms with Gasteiger partial charge in [0.2, 0.25) is 0 Å². The van der Waals surface area contributed by atoms with Crippen molar-refractivity contribution in [1.82, 2.24) is 19.6 Å². The zero-order chi connectivity index (χ0) is 21.1. The average Bonchev–Trinajstić information content (AvgIpc) is 3.18. The molecule has 3 rings (SSSR count). The normalized spacial score (nSPS) is 10.8. The lowest BCUT2D eigenvalue weighted by molar-refractivity contribution is 0.0513. The van der Waals surface area contributed by atoms with Crippen molar-refractivity contribution in [2.75, 3.05) is 11.9 Å². The SMILES string of the molecule is CCOC(=O)c1cc(C(=O)Nc2cccc(Cn3nc(C)c(Br)c3C)c2)nn1C. The van der Waals surface area contributed by atoms with Crippen LogP contribution in [-0.2, 0) is 18.3 Å². The Kier molecular flexibility index (Phi) is 6.17. The monoisotopic (exact) mass is 459 g/mol. The summed E-state index contributed by atoms with van der Waals surface area (Å²) in [5.74, 6) is -0.915. The van der Waals surface area contributed by atoms with Gasteiger partial charge in [-0.3, -0.25) is 14.2 Å². The fraction of sp³-hybridized carbons (Fsp3) is 0.300. The molecule has 0 bridgehead atoms. The summed E-state index contributed by atoms with van der Waals surface area (Å²) < 4.78 is 9.21. The van der Waals surface area contributed by atoms with Crippen LogP contribution in [0.2, 0.25) is 0 Å². The standard InChI is InChI=1S/C20H22BrN5O3/c1-5-29-20(28)17-10-16(24-25(17)4)19(27)22-15-8-6-7-14(9-15)11-26-13(3)18(21)12(2)23-26/h6-10H,5,11H2,1-4H3,(H,22,27). The lowest BCUT2D eigenvalue weighted by Gasteiger charge is -2.08. The molecule has 0 saturated carbocycles. The highest BCUT2D eigenvalue weighted by Gasteiger charge is 2.18. The molecule has 0 atom stereocenters. The van der Waals surface area contributed by atoms with Crippen molar-refractivity contribution >= 4 is 33.5 Å². The molecule has 0 fully saturated rings.